The fourth-order valence-electron chi connectivity index (χ4n) is 0.411. The molecule has 10 heavy (non-hydrogen) atoms. The van der Waals surface area contributed by atoms with Crippen LogP contribution in [0.4, 0.5) is 0 Å². The minimum absolute atomic E-state index is 0.0302. The average Bonchev–Trinajstić information content (AvgIpc) is 1.82. The lowest BCUT2D eigenvalue weighted by molar-refractivity contribution is -0.142. The molecule has 0 aromatic carbocycles. The van der Waals surface area contributed by atoms with Crippen molar-refractivity contribution in [2.45, 2.75) is 18.7 Å². The minimum Gasteiger partial charge on any atom is -0.452 e. The molecule has 0 amide bonds. The van der Waals surface area contributed by atoms with Crippen LogP contribution in [0.3, 0.4) is 0 Å². The Balaban J connectivity index is 3.37. The molecule has 0 aliphatic rings. The van der Waals surface area contributed by atoms with Crippen molar-refractivity contribution in [2.75, 3.05) is 6.61 Å². The van der Waals surface area contributed by atoms with Crippen LogP contribution in [-0.4, -0.2) is 18.0 Å². The topological polar surface area (TPSA) is 26.3 Å². The number of hydrogen-bond donors (Lipinski definition) is 0. The summed E-state index contributed by atoms with van der Waals surface area (Å²) in [6.07, 6.45) is 5.06. The number of carbonyl (C=O) groups is 1. The van der Waals surface area contributed by atoms with Crippen LogP contribution in [0.25, 0.3) is 0 Å². The van der Waals surface area contributed by atoms with E-state index in [1.165, 1.54) is 0 Å². The van der Waals surface area contributed by atoms with Gasteiger partial charge in [-0.3, -0.25) is 4.79 Å². The van der Waals surface area contributed by atoms with Gasteiger partial charge in [-0.15, -0.1) is 18.0 Å². The molecular formula is C7H9ClO2. The van der Waals surface area contributed by atoms with E-state index in [4.69, 9.17) is 18.0 Å². The van der Waals surface area contributed by atoms with Gasteiger partial charge in [-0.05, 0) is 6.92 Å². The number of ether oxygens (including phenoxy) is 1. The highest BCUT2D eigenvalue weighted by Crippen LogP contribution is 2.00. The standard InChI is InChI=1S/C7H9ClO2/c1-3-4-10-7(9)5-6(2)8/h1,6H,4-5H2,2H3. The van der Waals surface area contributed by atoms with Crippen LogP contribution in [0, 0.1) is 12.3 Å². The summed E-state index contributed by atoms with van der Waals surface area (Å²) in [7, 11) is 0. The average molecular weight is 161 g/mol. The van der Waals surface area contributed by atoms with Crippen molar-refractivity contribution in [1.29, 1.82) is 0 Å². The monoisotopic (exact) mass is 160 g/mol. The Morgan fingerprint density at radius 3 is 2.90 bits per heavy atom. The van der Waals surface area contributed by atoms with E-state index in [1.54, 1.807) is 6.92 Å². The Morgan fingerprint density at radius 1 is 1.90 bits per heavy atom. The normalized spacial score (nSPS) is 11.7. The van der Waals surface area contributed by atoms with Gasteiger partial charge in [0.25, 0.3) is 0 Å². The van der Waals surface area contributed by atoms with Crippen molar-refractivity contribution in [1.82, 2.24) is 0 Å². The number of alkyl halides is 1. The molecule has 0 radical (unpaired) electrons. The summed E-state index contributed by atoms with van der Waals surface area (Å²) in [5, 5.41) is -0.190. The van der Waals surface area contributed by atoms with E-state index in [1.807, 2.05) is 0 Å². The SMILES string of the molecule is C#CCOC(=O)CC(C)Cl. The molecule has 0 heterocycles. The molecular weight excluding hydrogens is 152 g/mol. The van der Waals surface area contributed by atoms with Crippen LogP contribution >= 0.6 is 11.6 Å². The van der Waals surface area contributed by atoms with E-state index in [9.17, 15) is 4.79 Å². The van der Waals surface area contributed by atoms with Crippen LogP contribution < -0.4 is 0 Å². The summed E-state index contributed by atoms with van der Waals surface area (Å²) in [4.78, 5) is 10.6. The second-order valence-corrected chi connectivity index (χ2v) is 2.59. The Morgan fingerprint density at radius 2 is 2.50 bits per heavy atom. The fraction of sp³-hybridized carbons (Fsp3) is 0.571. The first-order chi connectivity index (χ1) is 4.66. The third-order valence-corrected chi connectivity index (χ3v) is 0.919. The molecule has 0 saturated carbocycles. The van der Waals surface area contributed by atoms with Crippen molar-refractivity contribution in [3.05, 3.63) is 0 Å². The summed E-state index contributed by atoms with van der Waals surface area (Å²) >= 11 is 5.50. The van der Waals surface area contributed by atoms with Crippen molar-refractivity contribution < 1.29 is 9.53 Å². The fourth-order valence-corrected chi connectivity index (χ4v) is 0.537. The Labute approximate surface area is 65.5 Å². The van der Waals surface area contributed by atoms with Gasteiger partial charge in [0.15, 0.2) is 6.61 Å². The molecule has 0 fully saturated rings. The maximum atomic E-state index is 10.6. The maximum absolute atomic E-state index is 10.6. The Bertz CT molecular complexity index is 146. The van der Waals surface area contributed by atoms with Crippen LogP contribution in [0.15, 0.2) is 0 Å². The van der Waals surface area contributed by atoms with Crippen molar-refractivity contribution >= 4 is 17.6 Å². The molecule has 1 unspecified atom stereocenters. The first-order valence-electron chi connectivity index (χ1n) is 2.90. The third-order valence-electron chi connectivity index (χ3n) is 0.764. The molecule has 0 saturated heterocycles. The van der Waals surface area contributed by atoms with Gasteiger partial charge in [0.1, 0.15) is 0 Å². The number of rotatable bonds is 3. The molecule has 0 spiro atoms. The highest BCUT2D eigenvalue weighted by molar-refractivity contribution is 6.21. The van der Waals surface area contributed by atoms with Crippen LogP contribution in [0.1, 0.15) is 13.3 Å². The minimum atomic E-state index is -0.347. The van der Waals surface area contributed by atoms with E-state index in [0.29, 0.717) is 0 Å². The largest absolute Gasteiger partial charge is 0.452 e. The molecule has 0 aromatic heterocycles. The number of carbonyl (C=O) groups excluding carboxylic acids is 1. The van der Waals surface area contributed by atoms with E-state index < -0.39 is 0 Å². The van der Waals surface area contributed by atoms with Gasteiger partial charge >= 0.3 is 5.97 Å². The van der Waals surface area contributed by atoms with Crippen LogP contribution in [-0.2, 0) is 9.53 Å². The van der Waals surface area contributed by atoms with Crippen molar-refractivity contribution in [3.63, 3.8) is 0 Å². The summed E-state index contributed by atoms with van der Waals surface area (Å²) in [5.41, 5.74) is 0. The van der Waals surface area contributed by atoms with Crippen molar-refractivity contribution in [2.24, 2.45) is 0 Å². The van der Waals surface area contributed by atoms with Gasteiger partial charge < -0.3 is 4.74 Å². The summed E-state index contributed by atoms with van der Waals surface area (Å²) in [6, 6.07) is 0. The lowest BCUT2D eigenvalue weighted by Gasteiger charge is -2.00. The highest BCUT2D eigenvalue weighted by atomic mass is 35.5. The number of terminal acetylenes is 1. The van der Waals surface area contributed by atoms with E-state index in [-0.39, 0.29) is 24.4 Å². The van der Waals surface area contributed by atoms with E-state index in [0.717, 1.165) is 0 Å². The summed E-state index contributed by atoms with van der Waals surface area (Å²) < 4.78 is 4.54. The molecule has 2 nitrogen and oxygen atoms in total. The smallest absolute Gasteiger partial charge is 0.308 e. The Hall–Kier alpha value is -0.680. The molecule has 0 aliphatic carbocycles. The molecule has 56 valence electrons. The number of hydrogen-bond acceptors (Lipinski definition) is 2. The second-order valence-electron chi connectivity index (χ2n) is 1.85. The zero-order valence-electron chi connectivity index (χ0n) is 5.76. The number of esters is 1. The molecule has 0 bridgehead atoms. The van der Waals surface area contributed by atoms with Crippen LogP contribution in [0.5, 0.6) is 0 Å². The lowest BCUT2D eigenvalue weighted by atomic mass is 10.3. The highest BCUT2D eigenvalue weighted by Gasteiger charge is 2.05. The van der Waals surface area contributed by atoms with Crippen LogP contribution in [0.2, 0.25) is 0 Å². The maximum Gasteiger partial charge on any atom is 0.308 e. The predicted octanol–water partition coefficient (Wildman–Crippen LogP) is 1.18. The van der Waals surface area contributed by atoms with Gasteiger partial charge in [0.2, 0.25) is 0 Å². The zero-order chi connectivity index (χ0) is 7.98. The van der Waals surface area contributed by atoms with Gasteiger partial charge in [-0.2, -0.15) is 0 Å². The molecule has 0 aliphatic heterocycles. The van der Waals surface area contributed by atoms with E-state index >= 15 is 0 Å². The first kappa shape index (κ1) is 9.32. The van der Waals surface area contributed by atoms with Gasteiger partial charge in [0, 0.05) is 5.38 Å². The van der Waals surface area contributed by atoms with Gasteiger partial charge in [-0.1, -0.05) is 5.92 Å². The van der Waals surface area contributed by atoms with E-state index in [2.05, 4.69) is 10.7 Å². The molecule has 0 rings (SSSR count). The first-order valence-corrected chi connectivity index (χ1v) is 3.33. The molecule has 3 heteroatoms. The Kier molecular flexibility index (Phi) is 4.78. The lowest BCUT2D eigenvalue weighted by Crippen LogP contribution is -2.08. The van der Waals surface area contributed by atoms with Gasteiger partial charge in [0.05, 0.1) is 6.42 Å². The summed E-state index contributed by atoms with van der Waals surface area (Å²) in [6.45, 7) is 1.75. The quantitative estimate of drug-likeness (QED) is 0.352. The summed E-state index contributed by atoms with van der Waals surface area (Å²) in [5.74, 6) is 1.84. The number of halogens is 1. The third kappa shape index (κ3) is 5.46. The van der Waals surface area contributed by atoms with Gasteiger partial charge in [-0.25, -0.2) is 0 Å². The second kappa shape index (κ2) is 5.13. The zero-order valence-corrected chi connectivity index (χ0v) is 6.52. The molecule has 0 N–H and O–H groups in total. The molecule has 0 aromatic rings. The van der Waals surface area contributed by atoms with Crippen molar-refractivity contribution in [3.8, 4) is 12.3 Å². The predicted molar refractivity (Wildman–Crippen MR) is 39.7 cm³/mol. The molecule has 1 atom stereocenters.